The van der Waals surface area contributed by atoms with E-state index in [1.807, 2.05) is 5.38 Å². The molecule has 0 saturated carbocycles. The van der Waals surface area contributed by atoms with Crippen LogP contribution >= 0.6 is 11.3 Å². The van der Waals surface area contributed by atoms with Crippen LogP contribution in [-0.4, -0.2) is 17.4 Å². The summed E-state index contributed by atoms with van der Waals surface area (Å²) in [6.45, 7) is 13.0. The number of nitrogens with one attached hydrogen (secondary N) is 1. The lowest BCUT2D eigenvalue weighted by molar-refractivity contribution is -0.120. The van der Waals surface area contributed by atoms with Crippen molar-refractivity contribution in [3.8, 4) is 0 Å². The Morgan fingerprint density at radius 1 is 1.35 bits per heavy atom. The third-order valence-corrected chi connectivity index (χ3v) is 3.77. The summed E-state index contributed by atoms with van der Waals surface area (Å²) in [6.07, 6.45) is 0.771. The zero-order chi connectivity index (χ0) is 15.6. The average Bonchev–Trinajstić information content (AvgIpc) is 2.72. The van der Waals surface area contributed by atoms with E-state index >= 15 is 0 Å². The Morgan fingerprint density at radius 2 is 1.95 bits per heavy atom. The summed E-state index contributed by atoms with van der Waals surface area (Å²) >= 11 is 1.47. The van der Waals surface area contributed by atoms with Gasteiger partial charge in [-0.25, -0.2) is 4.98 Å². The number of hydrogen-bond acceptors (Lipinski definition) is 4. The fourth-order valence-corrected chi connectivity index (χ4v) is 2.85. The standard InChI is InChI=1S/C15H27N3OS/c1-14(2,3)7-10(8-16)12(19)18-13-17-11(9-20-13)15(4,5)6/h9-10H,7-8,16H2,1-6H3,(H,17,18,19). The third kappa shape index (κ3) is 5.21. The monoisotopic (exact) mass is 297 g/mol. The van der Waals surface area contributed by atoms with Crippen molar-refractivity contribution < 1.29 is 4.79 Å². The van der Waals surface area contributed by atoms with Gasteiger partial charge in [-0.1, -0.05) is 41.5 Å². The second-order valence-electron chi connectivity index (χ2n) is 7.47. The maximum atomic E-state index is 12.3. The van der Waals surface area contributed by atoms with Crippen molar-refractivity contribution in [2.45, 2.75) is 53.4 Å². The van der Waals surface area contributed by atoms with Gasteiger partial charge in [0, 0.05) is 17.3 Å². The second kappa shape index (κ2) is 6.22. The Kier molecular flexibility index (Phi) is 5.33. The predicted molar refractivity (Wildman–Crippen MR) is 86.1 cm³/mol. The number of thiazole rings is 1. The maximum Gasteiger partial charge on any atom is 0.230 e. The first kappa shape index (κ1) is 17.1. The van der Waals surface area contributed by atoms with Crippen molar-refractivity contribution in [3.63, 3.8) is 0 Å². The first-order valence-corrected chi connectivity index (χ1v) is 7.88. The summed E-state index contributed by atoms with van der Waals surface area (Å²) in [7, 11) is 0. The van der Waals surface area contributed by atoms with Crippen LogP contribution < -0.4 is 11.1 Å². The molecular formula is C15H27N3OS. The first-order chi connectivity index (χ1) is 9.03. The van der Waals surface area contributed by atoms with Crippen LogP contribution in [-0.2, 0) is 10.2 Å². The van der Waals surface area contributed by atoms with Gasteiger partial charge in [-0.3, -0.25) is 4.79 Å². The molecule has 0 aliphatic carbocycles. The predicted octanol–water partition coefficient (Wildman–Crippen LogP) is 3.39. The molecule has 1 unspecified atom stereocenters. The zero-order valence-electron chi connectivity index (χ0n) is 13.4. The second-order valence-corrected chi connectivity index (χ2v) is 8.33. The van der Waals surface area contributed by atoms with Gasteiger partial charge in [-0.15, -0.1) is 11.3 Å². The van der Waals surface area contributed by atoms with Gasteiger partial charge in [0.1, 0.15) is 0 Å². The molecule has 20 heavy (non-hydrogen) atoms. The number of aromatic nitrogens is 1. The van der Waals surface area contributed by atoms with Gasteiger partial charge >= 0.3 is 0 Å². The molecule has 0 aliphatic heterocycles. The summed E-state index contributed by atoms with van der Waals surface area (Å²) < 4.78 is 0. The third-order valence-electron chi connectivity index (χ3n) is 3.02. The van der Waals surface area contributed by atoms with Gasteiger partial charge in [0.25, 0.3) is 0 Å². The molecule has 4 nitrogen and oxygen atoms in total. The van der Waals surface area contributed by atoms with Crippen LogP contribution in [0.5, 0.6) is 0 Å². The topological polar surface area (TPSA) is 68.0 Å². The molecule has 0 saturated heterocycles. The SMILES string of the molecule is CC(C)(C)CC(CN)C(=O)Nc1nc(C(C)(C)C)cs1. The number of carbonyl (C=O) groups is 1. The highest BCUT2D eigenvalue weighted by Crippen LogP contribution is 2.28. The fraction of sp³-hybridized carbons (Fsp3) is 0.733. The molecule has 0 radical (unpaired) electrons. The molecule has 1 aromatic rings. The molecule has 0 spiro atoms. The van der Waals surface area contributed by atoms with E-state index in [0.717, 1.165) is 12.1 Å². The number of rotatable bonds is 4. The lowest BCUT2D eigenvalue weighted by atomic mass is 9.84. The number of nitrogens with two attached hydrogens (primary N) is 1. The maximum absolute atomic E-state index is 12.3. The summed E-state index contributed by atoms with van der Waals surface area (Å²) in [4.78, 5) is 16.7. The van der Waals surface area contributed by atoms with E-state index in [0.29, 0.717) is 11.7 Å². The summed E-state index contributed by atoms with van der Waals surface area (Å²) in [5.74, 6) is -0.200. The van der Waals surface area contributed by atoms with Gasteiger partial charge in [0.15, 0.2) is 5.13 Å². The molecule has 1 aromatic heterocycles. The highest BCUT2D eigenvalue weighted by Gasteiger charge is 2.25. The number of amides is 1. The van der Waals surface area contributed by atoms with Crippen molar-refractivity contribution in [1.29, 1.82) is 0 Å². The largest absolute Gasteiger partial charge is 0.330 e. The molecular weight excluding hydrogens is 270 g/mol. The van der Waals surface area contributed by atoms with Crippen LogP contribution in [0.15, 0.2) is 5.38 Å². The minimum atomic E-state index is -0.169. The van der Waals surface area contributed by atoms with Crippen molar-refractivity contribution in [2.75, 3.05) is 11.9 Å². The Hall–Kier alpha value is -0.940. The number of hydrogen-bond donors (Lipinski definition) is 2. The molecule has 0 aliphatic rings. The summed E-state index contributed by atoms with van der Waals surface area (Å²) in [6, 6.07) is 0. The summed E-state index contributed by atoms with van der Waals surface area (Å²) in [5, 5.41) is 5.55. The van der Waals surface area contributed by atoms with Crippen LogP contribution in [0.2, 0.25) is 0 Å². The van der Waals surface area contributed by atoms with Gasteiger partial charge in [0.2, 0.25) is 5.91 Å². The molecule has 0 aromatic carbocycles. The van der Waals surface area contributed by atoms with E-state index in [9.17, 15) is 4.79 Å². The van der Waals surface area contributed by atoms with Gasteiger partial charge in [-0.05, 0) is 11.8 Å². The number of carbonyl (C=O) groups excluding carboxylic acids is 1. The molecule has 1 amide bonds. The van der Waals surface area contributed by atoms with Crippen LogP contribution in [0.1, 0.15) is 53.7 Å². The molecule has 1 rings (SSSR count). The molecule has 1 heterocycles. The van der Waals surface area contributed by atoms with Gasteiger partial charge in [-0.2, -0.15) is 0 Å². The van der Waals surface area contributed by atoms with E-state index in [1.54, 1.807) is 0 Å². The molecule has 0 bridgehead atoms. The van der Waals surface area contributed by atoms with Crippen molar-refractivity contribution in [2.24, 2.45) is 17.1 Å². The summed E-state index contributed by atoms with van der Waals surface area (Å²) in [5.41, 5.74) is 6.81. The molecule has 5 heteroatoms. The minimum Gasteiger partial charge on any atom is -0.330 e. The first-order valence-electron chi connectivity index (χ1n) is 7.00. The highest BCUT2D eigenvalue weighted by molar-refractivity contribution is 7.13. The van der Waals surface area contributed by atoms with Crippen LogP contribution in [0.4, 0.5) is 5.13 Å². The Bertz CT molecular complexity index is 454. The van der Waals surface area contributed by atoms with Crippen molar-refractivity contribution >= 4 is 22.4 Å². The molecule has 1 atom stereocenters. The fourth-order valence-electron chi connectivity index (χ4n) is 1.91. The highest BCUT2D eigenvalue weighted by atomic mass is 32.1. The Labute approximate surface area is 126 Å². The average molecular weight is 297 g/mol. The lowest BCUT2D eigenvalue weighted by Crippen LogP contribution is -2.32. The van der Waals surface area contributed by atoms with E-state index in [1.165, 1.54) is 11.3 Å². The number of nitrogens with zero attached hydrogens (tertiary/aromatic N) is 1. The molecule has 114 valence electrons. The number of anilines is 1. The smallest absolute Gasteiger partial charge is 0.230 e. The van der Waals surface area contributed by atoms with Gasteiger partial charge < -0.3 is 11.1 Å². The Balaban J connectivity index is 2.72. The van der Waals surface area contributed by atoms with E-state index in [4.69, 9.17) is 5.73 Å². The van der Waals surface area contributed by atoms with E-state index in [2.05, 4.69) is 51.8 Å². The molecule has 0 fully saturated rings. The Morgan fingerprint density at radius 3 is 2.35 bits per heavy atom. The normalized spacial score (nSPS) is 14.2. The zero-order valence-corrected chi connectivity index (χ0v) is 14.2. The van der Waals surface area contributed by atoms with E-state index in [-0.39, 0.29) is 22.7 Å². The van der Waals surface area contributed by atoms with Crippen LogP contribution in [0.25, 0.3) is 0 Å². The van der Waals surface area contributed by atoms with Crippen LogP contribution in [0, 0.1) is 11.3 Å². The van der Waals surface area contributed by atoms with Crippen molar-refractivity contribution in [3.05, 3.63) is 11.1 Å². The minimum absolute atomic E-state index is 0.00183. The van der Waals surface area contributed by atoms with Gasteiger partial charge in [0.05, 0.1) is 11.6 Å². The van der Waals surface area contributed by atoms with Crippen LogP contribution in [0.3, 0.4) is 0 Å². The lowest BCUT2D eigenvalue weighted by Gasteiger charge is -2.23. The molecule has 3 N–H and O–H groups in total. The van der Waals surface area contributed by atoms with Crippen molar-refractivity contribution in [1.82, 2.24) is 4.98 Å². The quantitative estimate of drug-likeness (QED) is 0.895. The van der Waals surface area contributed by atoms with E-state index < -0.39 is 0 Å².